The predicted octanol–water partition coefficient (Wildman–Crippen LogP) is 3.12. The molecule has 0 aliphatic rings. The third-order valence-electron chi connectivity index (χ3n) is 2.66. The zero-order valence-electron chi connectivity index (χ0n) is 11.3. The molecule has 106 valence electrons. The van der Waals surface area contributed by atoms with Gasteiger partial charge in [0.2, 0.25) is 5.75 Å². The van der Waals surface area contributed by atoms with Gasteiger partial charge in [-0.05, 0) is 24.1 Å². The number of benzene rings is 1. The SMILES string of the molecule is COCCc1ccc(Oc2ncnc(Cl)c2OC)cc1. The first-order valence-electron chi connectivity index (χ1n) is 6.05. The first-order chi connectivity index (χ1) is 9.74. The van der Waals surface area contributed by atoms with Gasteiger partial charge in [0.25, 0.3) is 5.88 Å². The van der Waals surface area contributed by atoms with Crippen LogP contribution in [0.3, 0.4) is 0 Å². The second kappa shape index (κ2) is 7.07. The Bertz CT molecular complexity index is 561. The molecule has 0 N–H and O–H groups in total. The van der Waals surface area contributed by atoms with E-state index in [-0.39, 0.29) is 11.0 Å². The zero-order valence-corrected chi connectivity index (χ0v) is 12.1. The van der Waals surface area contributed by atoms with Gasteiger partial charge in [-0.2, -0.15) is 4.98 Å². The Balaban J connectivity index is 2.12. The van der Waals surface area contributed by atoms with Crippen molar-refractivity contribution in [2.24, 2.45) is 0 Å². The average molecular weight is 295 g/mol. The summed E-state index contributed by atoms with van der Waals surface area (Å²) < 4.78 is 15.8. The van der Waals surface area contributed by atoms with E-state index in [0.717, 1.165) is 6.42 Å². The molecule has 0 spiro atoms. The third-order valence-corrected chi connectivity index (χ3v) is 2.93. The van der Waals surface area contributed by atoms with Crippen molar-refractivity contribution in [1.82, 2.24) is 9.97 Å². The van der Waals surface area contributed by atoms with Gasteiger partial charge in [-0.15, -0.1) is 0 Å². The van der Waals surface area contributed by atoms with Crippen LogP contribution in [-0.4, -0.2) is 30.8 Å². The van der Waals surface area contributed by atoms with Crippen molar-refractivity contribution in [1.29, 1.82) is 0 Å². The van der Waals surface area contributed by atoms with E-state index in [4.69, 9.17) is 25.8 Å². The Morgan fingerprint density at radius 3 is 2.50 bits per heavy atom. The molecule has 2 aromatic rings. The fourth-order valence-electron chi connectivity index (χ4n) is 1.64. The molecule has 0 saturated carbocycles. The Hall–Kier alpha value is -1.85. The second-order valence-electron chi connectivity index (χ2n) is 3.99. The lowest BCUT2D eigenvalue weighted by Gasteiger charge is -2.09. The highest BCUT2D eigenvalue weighted by molar-refractivity contribution is 6.31. The Morgan fingerprint density at radius 1 is 1.10 bits per heavy atom. The van der Waals surface area contributed by atoms with Crippen LogP contribution in [0.25, 0.3) is 0 Å². The van der Waals surface area contributed by atoms with Crippen LogP contribution in [0.4, 0.5) is 0 Å². The predicted molar refractivity (Wildman–Crippen MR) is 75.7 cm³/mol. The van der Waals surface area contributed by atoms with Crippen molar-refractivity contribution in [2.75, 3.05) is 20.8 Å². The molecule has 0 bridgehead atoms. The molecule has 5 nitrogen and oxygen atoms in total. The topological polar surface area (TPSA) is 53.5 Å². The Kier molecular flexibility index (Phi) is 5.15. The van der Waals surface area contributed by atoms with Crippen molar-refractivity contribution < 1.29 is 14.2 Å². The van der Waals surface area contributed by atoms with Crippen molar-refractivity contribution in [2.45, 2.75) is 6.42 Å². The minimum atomic E-state index is 0.217. The molecule has 0 atom stereocenters. The first kappa shape index (κ1) is 14.6. The van der Waals surface area contributed by atoms with Crippen LogP contribution in [0.1, 0.15) is 5.56 Å². The van der Waals surface area contributed by atoms with Gasteiger partial charge >= 0.3 is 0 Å². The van der Waals surface area contributed by atoms with E-state index < -0.39 is 0 Å². The van der Waals surface area contributed by atoms with Crippen LogP contribution in [0.2, 0.25) is 5.15 Å². The molecule has 0 unspecified atom stereocenters. The largest absolute Gasteiger partial charge is 0.489 e. The number of hydrogen-bond acceptors (Lipinski definition) is 5. The summed E-state index contributed by atoms with van der Waals surface area (Å²) in [6.07, 6.45) is 2.19. The van der Waals surface area contributed by atoms with E-state index >= 15 is 0 Å². The van der Waals surface area contributed by atoms with Crippen LogP contribution in [0, 0.1) is 0 Å². The minimum Gasteiger partial charge on any atom is -0.489 e. The van der Waals surface area contributed by atoms with Gasteiger partial charge in [-0.1, -0.05) is 23.7 Å². The van der Waals surface area contributed by atoms with E-state index in [1.54, 1.807) is 7.11 Å². The summed E-state index contributed by atoms with van der Waals surface area (Å²) in [6.45, 7) is 0.690. The highest BCUT2D eigenvalue weighted by Crippen LogP contribution is 2.33. The van der Waals surface area contributed by atoms with E-state index in [2.05, 4.69) is 9.97 Å². The zero-order chi connectivity index (χ0) is 14.4. The number of aromatic nitrogens is 2. The monoisotopic (exact) mass is 294 g/mol. The molecule has 20 heavy (non-hydrogen) atoms. The quantitative estimate of drug-likeness (QED) is 0.766. The molecule has 1 aromatic carbocycles. The summed E-state index contributed by atoms with van der Waals surface area (Å²) in [5.41, 5.74) is 1.17. The maximum atomic E-state index is 5.91. The third kappa shape index (κ3) is 3.59. The van der Waals surface area contributed by atoms with Crippen LogP contribution >= 0.6 is 11.6 Å². The summed E-state index contributed by atoms with van der Waals surface area (Å²) >= 11 is 5.91. The Morgan fingerprint density at radius 2 is 1.85 bits per heavy atom. The van der Waals surface area contributed by atoms with E-state index in [1.807, 2.05) is 24.3 Å². The summed E-state index contributed by atoms with van der Waals surface area (Å²) in [6, 6.07) is 7.67. The second-order valence-corrected chi connectivity index (χ2v) is 4.35. The van der Waals surface area contributed by atoms with Crippen molar-refractivity contribution in [3.63, 3.8) is 0 Å². The molecule has 1 heterocycles. The summed E-state index contributed by atoms with van der Waals surface area (Å²) in [4.78, 5) is 7.85. The van der Waals surface area contributed by atoms with Crippen molar-refractivity contribution in [3.8, 4) is 17.4 Å². The highest BCUT2D eigenvalue weighted by Gasteiger charge is 2.12. The smallest absolute Gasteiger partial charge is 0.267 e. The molecular weight excluding hydrogens is 280 g/mol. The maximum Gasteiger partial charge on any atom is 0.267 e. The lowest BCUT2D eigenvalue weighted by molar-refractivity contribution is 0.202. The van der Waals surface area contributed by atoms with Crippen LogP contribution in [0.15, 0.2) is 30.6 Å². The first-order valence-corrected chi connectivity index (χ1v) is 6.42. The van der Waals surface area contributed by atoms with Gasteiger partial charge in [0, 0.05) is 7.11 Å². The molecule has 6 heteroatoms. The van der Waals surface area contributed by atoms with E-state index in [1.165, 1.54) is 19.0 Å². The minimum absolute atomic E-state index is 0.217. The normalized spacial score (nSPS) is 10.3. The van der Waals surface area contributed by atoms with Crippen molar-refractivity contribution in [3.05, 3.63) is 41.3 Å². The number of halogens is 1. The van der Waals surface area contributed by atoms with Gasteiger partial charge in [0.05, 0.1) is 13.7 Å². The highest BCUT2D eigenvalue weighted by atomic mass is 35.5. The molecule has 2 rings (SSSR count). The molecule has 0 radical (unpaired) electrons. The number of methoxy groups -OCH3 is 2. The lowest BCUT2D eigenvalue weighted by atomic mass is 10.1. The van der Waals surface area contributed by atoms with Gasteiger partial charge < -0.3 is 14.2 Å². The lowest BCUT2D eigenvalue weighted by Crippen LogP contribution is -1.96. The summed E-state index contributed by atoms with van der Waals surface area (Å²) in [7, 11) is 3.17. The standard InChI is InChI=1S/C14H15ClN2O3/c1-18-8-7-10-3-5-11(6-4-10)20-14-12(19-2)13(15)16-9-17-14/h3-6,9H,7-8H2,1-2H3. The average Bonchev–Trinajstić information content (AvgIpc) is 2.47. The van der Waals surface area contributed by atoms with E-state index in [0.29, 0.717) is 18.1 Å². The van der Waals surface area contributed by atoms with Crippen LogP contribution < -0.4 is 9.47 Å². The maximum absolute atomic E-state index is 5.91. The molecule has 1 aromatic heterocycles. The van der Waals surface area contributed by atoms with Gasteiger partial charge in [0.1, 0.15) is 12.1 Å². The van der Waals surface area contributed by atoms with Crippen LogP contribution in [-0.2, 0) is 11.2 Å². The number of ether oxygens (including phenoxy) is 3. The molecule has 0 fully saturated rings. The summed E-state index contributed by atoms with van der Waals surface area (Å²) in [5.74, 6) is 1.26. The molecule has 0 saturated heterocycles. The molecule has 0 aliphatic heterocycles. The molecule has 0 aliphatic carbocycles. The van der Waals surface area contributed by atoms with Crippen LogP contribution in [0.5, 0.6) is 17.4 Å². The number of nitrogens with zero attached hydrogens (tertiary/aromatic N) is 2. The number of rotatable bonds is 6. The van der Waals surface area contributed by atoms with Gasteiger partial charge in [-0.3, -0.25) is 0 Å². The van der Waals surface area contributed by atoms with Gasteiger partial charge in [-0.25, -0.2) is 4.98 Å². The molecular formula is C14H15ClN2O3. The summed E-state index contributed by atoms with van der Waals surface area (Å²) in [5, 5.41) is 0.217. The fourth-order valence-corrected chi connectivity index (χ4v) is 1.84. The fraction of sp³-hybridized carbons (Fsp3) is 0.286. The Labute approximate surface area is 122 Å². The number of hydrogen-bond donors (Lipinski definition) is 0. The van der Waals surface area contributed by atoms with E-state index in [9.17, 15) is 0 Å². The van der Waals surface area contributed by atoms with Crippen molar-refractivity contribution >= 4 is 11.6 Å². The van der Waals surface area contributed by atoms with Gasteiger partial charge in [0.15, 0.2) is 5.15 Å². The molecule has 0 amide bonds.